The third kappa shape index (κ3) is 2.56. The van der Waals surface area contributed by atoms with Crippen LogP contribution in [0.5, 0.6) is 0 Å². The highest BCUT2D eigenvalue weighted by molar-refractivity contribution is 5.51. The molecule has 2 heterocycles. The van der Waals surface area contributed by atoms with Crippen LogP contribution in [0.1, 0.15) is 32.3 Å². The summed E-state index contributed by atoms with van der Waals surface area (Å²) >= 11 is 0. The lowest BCUT2D eigenvalue weighted by Gasteiger charge is -2.47. The third-order valence-electron chi connectivity index (χ3n) is 4.86. The van der Waals surface area contributed by atoms with Crippen molar-refractivity contribution in [3.05, 3.63) is 29.6 Å². The number of benzene rings is 1. The van der Waals surface area contributed by atoms with Crippen LogP contribution in [0.15, 0.2) is 18.2 Å². The molecule has 3 rings (SSSR count). The van der Waals surface area contributed by atoms with E-state index in [4.69, 9.17) is 0 Å². The average Bonchev–Trinajstić information content (AvgIpc) is 2.83. The first-order valence-electron chi connectivity index (χ1n) is 7.82. The molecule has 20 heavy (non-hydrogen) atoms. The number of hydrogen-bond donors (Lipinski definition) is 0. The van der Waals surface area contributed by atoms with Gasteiger partial charge in [0.15, 0.2) is 0 Å². The molecule has 2 aliphatic heterocycles. The van der Waals surface area contributed by atoms with Gasteiger partial charge in [-0.25, -0.2) is 4.39 Å². The van der Waals surface area contributed by atoms with Gasteiger partial charge in [0.1, 0.15) is 5.82 Å². The van der Waals surface area contributed by atoms with Crippen LogP contribution in [0, 0.1) is 18.7 Å². The molecule has 0 N–H and O–H groups in total. The number of nitrogens with zero attached hydrogens (tertiary/aromatic N) is 2. The number of piperazine rings is 1. The summed E-state index contributed by atoms with van der Waals surface area (Å²) in [6, 6.07) is 6.59. The van der Waals surface area contributed by atoms with Gasteiger partial charge in [0.2, 0.25) is 0 Å². The zero-order valence-electron chi connectivity index (χ0n) is 12.8. The molecule has 1 aromatic rings. The number of rotatable bonds is 2. The highest BCUT2D eigenvalue weighted by Crippen LogP contribution is 2.32. The number of fused-ring (bicyclic) bond motifs is 1. The van der Waals surface area contributed by atoms with E-state index in [2.05, 4.69) is 29.7 Å². The van der Waals surface area contributed by atoms with Gasteiger partial charge in [0.05, 0.1) is 0 Å². The molecule has 0 aromatic heterocycles. The van der Waals surface area contributed by atoms with Crippen molar-refractivity contribution in [3.8, 4) is 0 Å². The summed E-state index contributed by atoms with van der Waals surface area (Å²) in [6.45, 7) is 9.94. The average molecular weight is 276 g/mol. The van der Waals surface area contributed by atoms with E-state index in [9.17, 15) is 4.39 Å². The Morgan fingerprint density at radius 3 is 2.70 bits per heavy atom. The summed E-state index contributed by atoms with van der Waals surface area (Å²) < 4.78 is 13.7. The molecule has 3 heteroatoms. The van der Waals surface area contributed by atoms with E-state index in [-0.39, 0.29) is 5.82 Å². The van der Waals surface area contributed by atoms with Crippen molar-refractivity contribution in [3.63, 3.8) is 0 Å². The summed E-state index contributed by atoms with van der Waals surface area (Å²) in [4.78, 5) is 5.08. The largest absolute Gasteiger partial charge is 0.365 e. The van der Waals surface area contributed by atoms with Gasteiger partial charge in [0, 0.05) is 30.9 Å². The van der Waals surface area contributed by atoms with Gasteiger partial charge in [-0.3, -0.25) is 4.90 Å². The lowest BCUT2D eigenvalue weighted by Crippen LogP contribution is -2.58. The van der Waals surface area contributed by atoms with Crippen LogP contribution in [0.3, 0.4) is 0 Å². The maximum atomic E-state index is 13.7. The van der Waals surface area contributed by atoms with Crippen molar-refractivity contribution in [1.82, 2.24) is 4.90 Å². The fraction of sp³-hybridized carbons (Fsp3) is 0.647. The summed E-state index contributed by atoms with van der Waals surface area (Å²) in [5.74, 6) is 0.469. The van der Waals surface area contributed by atoms with E-state index >= 15 is 0 Å². The van der Waals surface area contributed by atoms with Gasteiger partial charge in [-0.1, -0.05) is 13.8 Å². The second-order valence-electron chi connectivity index (χ2n) is 6.74. The molecule has 2 unspecified atom stereocenters. The van der Waals surface area contributed by atoms with Crippen LogP contribution in [0.2, 0.25) is 0 Å². The second kappa shape index (κ2) is 5.36. The normalized spacial score (nSPS) is 27.1. The minimum atomic E-state index is -0.114. The van der Waals surface area contributed by atoms with Crippen LogP contribution < -0.4 is 4.90 Å². The van der Waals surface area contributed by atoms with E-state index in [0.29, 0.717) is 18.0 Å². The molecule has 0 saturated carbocycles. The third-order valence-corrected chi connectivity index (χ3v) is 4.86. The number of anilines is 1. The SMILES string of the molecule is Cc1cc(F)cc(N2CC3CCCN3CC2C(C)C)c1. The molecule has 2 fully saturated rings. The standard InChI is InChI=1S/C17H25FN2/c1-12(2)17-11-19-6-4-5-15(19)10-20(17)16-8-13(3)7-14(18)9-16/h7-9,12,15,17H,4-6,10-11H2,1-3H3. The molecule has 110 valence electrons. The summed E-state index contributed by atoms with van der Waals surface area (Å²) in [7, 11) is 0. The monoisotopic (exact) mass is 276 g/mol. The Morgan fingerprint density at radius 2 is 2.00 bits per heavy atom. The molecule has 0 bridgehead atoms. The van der Waals surface area contributed by atoms with Crippen LogP contribution in [0.25, 0.3) is 0 Å². The Hall–Kier alpha value is -1.09. The summed E-state index contributed by atoms with van der Waals surface area (Å²) in [5.41, 5.74) is 2.07. The minimum absolute atomic E-state index is 0.114. The highest BCUT2D eigenvalue weighted by Gasteiger charge is 2.37. The fourth-order valence-electron chi connectivity index (χ4n) is 3.79. The number of aryl methyl sites for hydroxylation is 1. The second-order valence-corrected chi connectivity index (χ2v) is 6.74. The molecule has 2 saturated heterocycles. The van der Waals surface area contributed by atoms with Crippen molar-refractivity contribution in [1.29, 1.82) is 0 Å². The lowest BCUT2D eigenvalue weighted by atomic mass is 9.96. The van der Waals surface area contributed by atoms with Crippen LogP contribution in [-0.2, 0) is 0 Å². The predicted molar refractivity (Wildman–Crippen MR) is 81.7 cm³/mol. The summed E-state index contributed by atoms with van der Waals surface area (Å²) in [6.07, 6.45) is 2.60. The van der Waals surface area contributed by atoms with Crippen molar-refractivity contribution >= 4 is 5.69 Å². The van der Waals surface area contributed by atoms with E-state index in [1.165, 1.54) is 19.4 Å². The molecule has 2 aliphatic rings. The van der Waals surface area contributed by atoms with Gasteiger partial charge in [-0.05, 0) is 56.0 Å². The quantitative estimate of drug-likeness (QED) is 0.816. The van der Waals surface area contributed by atoms with Crippen LogP contribution >= 0.6 is 0 Å². The van der Waals surface area contributed by atoms with E-state index in [0.717, 1.165) is 24.3 Å². The maximum Gasteiger partial charge on any atom is 0.125 e. The first kappa shape index (κ1) is 13.9. The Kier molecular flexibility index (Phi) is 3.72. The van der Waals surface area contributed by atoms with Crippen molar-refractivity contribution in [2.45, 2.75) is 45.7 Å². The summed E-state index contributed by atoms with van der Waals surface area (Å²) in [5, 5.41) is 0. The Labute approximate surface area is 121 Å². The van der Waals surface area contributed by atoms with Gasteiger partial charge < -0.3 is 4.90 Å². The Morgan fingerprint density at radius 1 is 1.20 bits per heavy atom. The molecule has 1 aromatic carbocycles. The van der Waals surface area contributed by atoms with Gasteiger partial charge in [-0.2, -0.15) is 0 Å². The number of hydrogen-bond acceptors (Lipinski definition) is 2. The van der Waals surface area contributed by atoms with Gasteiger partial charge in [-0.15, -0.1) is 0 Å². The molecule has 0 amide bonds. The molecule has 2 nitrogen and oxygen atoms in total. The maximum absolute atomic E-state index is 13.7. The smallest absolute Gasteiger partial charge is 0.125 e. The van der Waals surface area contributed by atoms with Gasteiger partial charge in [0.25, 0.3) is 0 Å². The van der Waals surface area contributed by atoms with E-state index < -0.39 is 0 Å². The molecular formula is C17H25FN2. The molecular weight excluding hydrogens is 251 g/mol. The topological polar surface area (TPSA) is 6.48 Å². The molecule has 0 radical (unpaired) electrons. The Balaban J connectivity index is 1.91. The highest BCUT2D eigenvalue weighted by atomic mass is 19.1. The molecule has 0 aliphatic carbocycles. The number of halogens is 1. The van der Waals surface area contributed by atoms with Crippen molar-refractivity contribution in [2.75, 3.05) is 24.5 Å². The zero-order valence-corrected chi connectivity index (χ0v) is 12.8. The van der Waals surface area contributed by atoms with Crippen molar-refractivity contribution < 1.29 is 4.39 Å². The minimum Gasteiger partial charge on any atom is -0.365 e. The lowest BCUT2D eigenvalue weighted by molar-refractivity contribution is 0.176. The fourth-order valence-corrected chi connectivity index (χ4v) is 3.79. The van der Waals surface area contributed by atoms with Crippen molar-refractivity contribution in [2.24, 2.45) is 5.92 Å². The first-order chi connectivity index (χ1) is 9.54. The van der Waals surface area contributed by atoms with E-state index in [1.54, 1.807) is 12.1 Å². The van der Waals surface area contributed by atoms with Crippen LogP contribution in [-0.4, -0.2) is 36.6 Å². The zero-order chi connectivity index (χ0) is 14.3. The first-order valence-corrected chi connectivity index (χ1v) is 7.82. The predicted octanol–water partition coefficient (Wildman–Crippen LogP) is 3.44. The van der Waals surface area contributed by atoms with Crippen LogP contribution in [0.4, 0.5) is 10.1 Å². The van der Waals surface area contributed by atoms with Gasteiger partial charge >= 0.3 is 0 Å². The van der Waals surface area contributed by atoms with E-state index in [1.807, 2.05) is 6.92 Å². The molecule has 2 atom stereocenters. The Bertz CT molecular complexity index is 466. The molecule has 0 spiro atoms.